The molecule has 0 aromatic carbocycles. The zero-order valence-electron chi connectivity index (χ0n) is 8.06. The van der Waals surface area contributed by atoms with Gasteiger partial charge in [-0.15, -0.1) is 10.2 Å². The Labute approximate surface area is 85.5 Å². The van der Waals surface area contributed by atoms with Crippen molar-refractivity contribution in [2.45, 2.75) is 0 Å². The van der Waals surface area contributed by atoms with Gasteiger partial charge in [-0.3, -0.25) is 5.10 Å². The van der Waals surface area contributed by atoms with Gasteiger partial charge in [-0.1, -0.05) is 0 Å². The summed E-state index contributed by atoms with van der Waals surface area (Å²) >= 11 is 0. The van der Waals surface area contributed by atoms with E-state index in [1.165, 1.54) is 7.11 Å². The van der Waals surface area contributed by atoms with E-state index in [2.05, 4.69) is 20.4 Å². The first-order valence-electron chi connectivity index (χ1n) is 4.19. The number of aromatic nitrogens is 4. The molecule has 2 heterocycles. The van der Waals surface area contributed by atoms with Crippen LogP contribution in [0, 0.1) is 0 Å². The van der Waals surface area contributed by atoms with Gasteiger partial charge >= 0.3 is 0 Å². The van der Waals surface area contributed by atoms with Crippen LogP contribution < -0.4 is 16.2 Å². The van der Waals surface area contributed by atoms with Crippen LogP contribution in [0.4, 0.5) is 11.6 Å². The quantitative estimate of drug-likeness (QED) is 0.638. The number of hydrogen-bond acceptors (Lipinski definition) is 6. The maximum absolute atomic E-state index is 5.65. The highest BCUT2D eigenvalue weighted by molar-refractivity contribution is 5.80. The molecule has 78 valence electrons. The first kappa shape index (κ1) is 9.25. The minimum absolute atomic E-state index is 0.298. The number of nitrogen functional groups attached to an aromatic ring is 2. The van der Waals surface area contributed by atoms with Crippen LogP contribution in [0.25, 0.3) is 11.3 Å². The van der Waals surface area contributed by atoms with Crippen LogP contribution >= 0.6 is 0 Å². The molecule has 15 heavy (non-hydrogen) atoms. The highest BCUT2D eigenvalue weighted by atomic mass is 16.5. The van der Waals surface area contributed by atoms with E-state index in [-0.39, 0.29) is 0 Å². The molecule has 7 nitrogen and oxygen atoms in total. The van der Waals surface area contributed by atoms with Crippen molar-refractivity contribution < 1.29 is 4.74 Å². The number of nitrogens with two attached hydrogens (primary N) is 2. The molecular formula is C8H10N6O. The molecule has 0 spiro atoms. The van der Waals surface area contributed by atoms with Gasteiger partial charge in [0, 0.05) is 6.07 Å². The van der Waals surface area contributed by atoms with E-state index in [0.29, 0.717) is 28.8 Å². The van der Waals surface area contributed by atoms with Crippen LogP contribution in [-0.2, 0) is 0 Å². The molecule has 0 saturated heterocycles. The van der Waals surface area contributed by atoms with Crippen LogP contribution in [0.3, 0.4) is 0 Å². The van der Waals surface area contributed by atoms with Crippen molar-refractivity contribution in [2.24, 2.45) is 0 Å². The number of rotatable bonds is 2. The number of nitrogens with zero attached hydrogens (tertiary/aromatic N) is 3. The van der Waals surface area contributed by atoms with Gasteiger partial charge in [-0.25, -0.2) is 0 Å². The van der Waals surface area contributed by atoms with Crippen LogP contribution in [-0.4, -0.2) is 27.5 Å². The van der Waals surface area contributed by atoms with E-state index in [1.807, 2.05) is 0 Å². The van der Waals surface area contributed by atoms with Gasteiger partial charge in [0.25, 0.3) is 0 Å². The molecule has 2 aromatic heterocycles. The van der Waals surface area contributed by atoms with E-state index in [4.69, 9.17) is 16.2 Å². The normalized spacial score (nSPS) is 10.2. The van der Waals surface area contributed by atoms with Crippen LogP contribution in [0.15, 0.2) is 12.1 Å². The fraction of sp³-hybridized carbons (Fsp3) is 0.125. The fourth-order valence-corrected chi connectivity index (χ4v) is 1.20. The average Bonchev–Trinajstić information content (AvgIpc) is 2.59. The number of ether oxygens (including phenoxy) is 1. The lowest BCUT2D eigenvalue weighted by atomic mass is 10.2. The summed E-state index contributed by atoms with van der Waals surface area (Å²) in [5, 5.41) is 14.1. The topological polar surface area (TPSA) is 116 Å². The van der Waals surface area contributed by atoms with Crippen LogP contribution in [0.5, 0.6) is 5.88 Å². The molecule has 0 atom stereocenters. The van der Waals surface area contributed by atoms with Crippen molar-refractivity contribution in [1.29, 1.82) is 0 Å². The Morgan fingerprint density at radius 1 is 1.27 bits per heavy atom. The minimum atomic E-state index is 0.298. The third-order valence-corrected chi connectivity index (χ3v) is 1.93. The smallest absolute Gasteiger partial charge is 0.233 e. The largest absolute Gasteiger partial charge is 0.480 e. The molecule has 0 aliphatic carbocycles. The summed E-state index contributed by atoms with van der Waals surface area (Å²) in [5.41, 5.74) is 12.4. The molecule has 0 radical (unpaired) electrons. The van der Waals surface area contributed by atoms with E-state index in [1.54, 1.807) is 12.1 Å². The van der Waals surface area contributed by atoms with Gasteiger partial charge in [-0.05, 0) is 6.07 Å². The zero-order valence-corrected chi connectivity index (χ0v) is 8.06. The molecule has 0 aliphatic rings. The molecule has 2 rings (SSSR count). The Bertz CT molecular complexity index is 443. The van der Waals surface area contributed by atoms with Crippen molar-refractivity contribution in [3.8, 4) is 17.1 Å². The number of hydrogen-bond donors (Lipinski definition) is 3. The summed E-state index contributed by atoms with van der Waals surface area (Å²) in [4.78, 5) is 0. The Hall–Kier alpha value is -2.31. The second-order valence-electron chi connectivity index (χ2n) is 2.86. The predicted molar refractivity (Wildman–Crippen MR) is 55.0 cm³/mol. The summed E-state index contributed by atoms with van der Waals surface area (Å²) in [6.07, 6.45) is 0. The molecule has 5 N–H and O–H groups in total. The number of nitrogens with one attached hydrogen (secondary N) is 1. The molecule has 0 fully saturated rings. The molecule has 7 heteroatoms. The van der Waals surface area contributed by atoms with Gasteiger partial charge in [0.15, 0.2) is 5.82 Å². The molecule has 0 aliphatic heterocycles. The molecule has 0 unspecified atom stereocenters. The van der Waals surface area contributed by atoms with Crippen LogP contribution in [0.1, 0.15) is 0 Å². The maximum atomic E-state index is 5.65. The van der Waals surface area contributed by atoms with Gasteiger partial charge in [0.1, 0.15) is 11.5 Å². The van der Waals surface area contributed by atoms with Crippen LogP contribution in [0.2, 0.25) is 0 Å². The first-order valence-corrected chi connectivity index (χ1v) is 4.19. The van der Waals surface area contributed by atoms with E-state index in [9.17, 15) is 0 Å². The monoisotopic (exact) mass is 206 g/mol. The number of H-pyrrole nitrogens is 1. The summed E-state index contributed by atoms with van der Waals surface area (Å²) < 4.78 is 4.89. The van der Waals surface area contributed by atoms with E-state index >= 15 is 0 Å². The maximum Gasteiger partial charge on any atom is 0.233 e. The Morgan fingerprint density at radius 2 is 2.07 bits per heavy atom. The van der Waals surface area contributed by atoms with Gasteiger partial charge in [0.2, 0.25) is 5.88 Å². The van der Waals surface area contributed by atoms with Gasteiger partial charge in [0.05, 0.1) is 12.7 Å². The first-order chi connectivity index (χ1) is 7.22. The Kier molecular flexibility index (Phi) is 2.13. The summed E-state index contributed by atoms with van der Waals surface area (Å²) in [6.45, 7) is 0. The second kappa shape index (κ2) is 3.45. The number of aromatic amines is 1. The molecule has 0 bridgehead atoms. The second-order valence-corrected chi connectivity index (χ2v) is 2.86. The molecular weight excluding hydrogens is 196 g/mol. The summed E-state index contributed by atoms with van der Waals surface area (Å²) in [7, 11) is 1.52. The highest BCUT2D eigenvalue weighted by Gasteiger charge is 2.12. The predicted octanol–water partition coefficient (Wildman–Crippen LogP) is 0.0397. The molecule has 2 aromatic rings. The highest BCUT2D eigenvalue weighted by Crippen LogP contribution is 2.27. The minimum Gasteiger partial charge on any atom is -0.480 e. The summed E-state index contributed by atoms with van der Waals surface area (Å²) in [6, 6.07) is 3.39. The fourth-order valence-electron chi connectivity index (χ4n) is 1.20. The lowest BCUT2D eigenvalue weighted by Gasteiger charge is -2.00. The standard InChI is InChI=1S/C8H10N6O/c1-15-5-3-2-4(11-12-5)6-7(9)13-14-8(6)10/h2-3H,1H3,(H5,9,10,13,14). The summed E-state index contributed by atoms with van der Waals surface area (Å²) in [5.74, 6) is 1.10. The molecule has 0 amide bonds. The SMILES string of the molecule is COc1ccc(-c2c(N)n[nH]c2N)nn1. The van der Waals surface area contributed by atoms with Crippen molar-refractivity contribution in [1.82, 2.24) is 20.4 Å². The van der Waals surface area contributed by atoms with Crippen molar-refractivity contribution >= 4 is 11.6 Å². The Balaban J connectivity index is 2.45. The number of anilines is 2. The van der Waals surface area contributed by atoms with E-state index in [0.717, 1.165) is 0 Å². The third-order valence-electron chi connectivity index (χ3n) is 1.93. The third kappa shape index (κ3) is 1.54. The van der Waals surface area contributed by atoms with Gasteiger partial charge in [-0.2, -0.15) is 5.10 Å². The molecule has 0 saturated carbocycles. The zero-order chi connectivity index (χ0) is 10.8. The van der Waals surface area contributed by atoms with Crippen molar-refractivity contribution in [2.75, 3.05) is 18.6 Å². The van der Waals surface area contributed by atoms with Crippen molar-refractivity contribution in [3.63, 3.8) is 0 Å². The average molecular weight is 206 g/mol. The number of methoxy groups -OCH3 is 1. The Morgan fingerprint density at radius 3 is 2.53 bits per heavy atom. The van der Waals surface area contributed by atoms with Crippen molar-refractivity contribution in [3.05, 3.63) is 12.1 Å². The lowest BCUT2D eigenvalue weighted by Crippen LogP contribution is -1.96. The lowest BCUT2D eigenvalue weighted by molar-refractivity contribution is 0.392. The van der Waals surface area contributed by atoms with E-state index < -0.39 is 0 Å². The van der Waals surface area contributed by atoms with Gasteiger partial charge < -0.3 is 16.2 Å².